The summed E-state index contributed by atoms with van der Waals surface area (Å²) in [5, 5.41) is 11.2. The Morgan fingerprint density at radius 3 is 2.87 bits per heavy atom. The lowest BCUT2D eigenvalue weighted by atomic mass is 10.2. The summed E-state index contributed by atoms with van der Waals surface area (Å²) in [4.78, 5) is 15.1. The summed E-state index contributed by atoms with van der Waals surface area (Å²) in [5.41, 5.74) is 3.81. The number of carbonyl (C=O) groups excluding carboxylic acids is 1. The number of aromatic nitrogens is 2. The molecule has 0 unspecified atom stereocenters. The van der Waals surface area contributed by atoms with Crippen molar-refractivity contribution in [3.8, 4) is 5.69 Å². The van der Waals surface area contributed by atoms with E-state index in [1.807, 2.05) is 65.8 Å². The van der Waals surface area contributed by atoms with E-state index in [4.69, 9.17) is 16.3 Å². The van der Waals surface area contributed by atoms with E-state index in [1.165, 1.54) is 11.3 Å². The van der Waals surface area contributed by atoms with Gasteiger partial charge < -0.3 is 15.0 Å². The number of nitrogens with zero attached hydrogens (tertiary/aromatic N) is 3. The molecule has 2 aromatic carbocycles. The van der Waals surface area contributed by atoms with E-state index in [1.54, 1.807) is 0 Å². The minimum Gasteiger partial charge on any atom is -0.377 e. The summed E-state index contributed by atoms with van der Waals surface area (Å²) in [5.74, 6) is -0.0698. The van der Waals surface area contributed by atoms with Crippen molar-refractivity contribution in [2.75, 3.05) is 25.2 Å². The summed E-state index contributed by atoms with van der Waals surface area (Å²) in [6.07, 6.45) is 1.84. The van der Waals surface area contributed by atoms with Gasteiger partial charge in [-0.1, -0.05) is 23.7 Å². The van der Waals surface area contributed by atoms with Crippen LogP contribution in [-0.4, -0.2) is 42.0 Å². The molecule has 5 rings (SSSR count). The molecule has 1 fully saturated rings. The van der Waals surface area contributed by atoms with Crippen LogP contribution in [0.15, 0.2) is 60.1 Å². The molecule has 0 saturated carbocycles. The Hall–Kier alpha value is -2.87. The van der Waals surface area contributed by atoms with Crippen LogP contribution in [0.2, 0.25) is 5.02 Å². The predicted molar refractivity (Wildman–Crippen MR) is 121 cm³/mol. The first kappa shape index (κ1) is 19.1. The normalized spacial score (nSPS) is 13.9. The first-order valence-electron chi connectivity index (χ1n) is 9.54. The van der Waals surface area contributed by atoms with Gasteiger partial charge in [0.05, 0.1) is 52.2 Å². The minimum atomic E-state index is -0.0698. The molecule has 1 aliphatic rings. The van der Waals surface area contributed by atoms with Crippen LogP contribution in [-0.2, 0) is 4.74 Å². The zero-order chi connectivity index (χ0) is 20.7. The Kier molecular flexibility index (Phi) is 4.94. The highest BCUT2D eigenvalue weighted by molar-refractivity contribution is 7.12. The number of rotatable bonds is 5. The van der Waals surface area contributed by atoms with Gasteiger partial charge in [0, 0.05) is 23.5 Å². The summed E-state index contributed by atoms with van der Waals surface area (Å²) in [6, 6.07) is 15.9. The molecule has 1 N–H and O–H groups in total. The number of amides is 1. The van der Waals surface area contributed by atoms with Crippen LogP contribution in [0.25, 0.3) is 16.6 Å². The van der Waals surface area contributed by atoms with E-state index in [9.17, 15) is 4.79 Å². The predicted octanol–water partition coefficient (Wildman–Crippen LogP) is 4.64. The van der Waals surface area contributed by atoms with Crippen molar-refractivity contribution < 1.29 is 9.53 Å². The smallest absolute Gasteiger partial charge is 0.261 e. The van der Waals surface area contributed by atoms with Gasteiger partial charge in [-0.3, -0.25) is 4.79 Å². The molecular weight excluding hydrogens is 420 g/mol. The zero-order valence-electron chi connectivity index (χ0n) is 16.2. The largest absolute Gasteiger partial charge is 0.377 e. The number of benzene rings is 2. The molecule has 0 aliphatic carbocycles. The lowest BCUT2D eigenvalue weighted by Crippen LogP contribution is -2.48. The molecule has 1 aliphatic heterocycles. The van der Waals surface area contributed by atoms with Crippen LogP contribution in [0.5, 0.6) is 0 Å². The Bertz CT molecular complexity index is 1230. The number of para-hydroxylation sites is 1. The van der Waals surface area contributed by atoms with Crippen LogP contribution in [0, 0.1) is 0 Å². The minimum absolute atomic E-state index is 0.0698. The van der Waals surface area contributed by atoms with Gasteiger partial charge in [0.1, 0.15) is 0 Å². The molecule has 30 heavy (non-hydrogen) atoms. The third-order valence-electron chi connectivity index (χ3n) is 5.18. The fourth-order valence-corrected chi connectivity index (χ4v) is 4.46. The van der Waals surface area contributed by atoms with Gasteiger partial charge in [-0.25, -0.2) is 4.68 Å². The van der Waals surface area contributed by atoms with Crippen molar-refractivity contribution >= 4 is 51.1 Å². The lowest BCUT2D eigenvalue weighted by Gasteiger charge is -2.26. The van der Waals surface area contributed by atoms with Crippen LogP contribution < -0.4 is 10.2 Å². The second kappa shape index (κ2) is 7.75. The molecule has 0 spiro atoms. The van der Waals surface area contributed by atoms with E-state index in [2.05, 4.69) is 21.4 Å². The number of thiophene rings is 1. The van der Waals surface area contributed by atoms with E-state index in [0.717, 1.165) is 28.0 Å². The maximum atomic E-state index is 12.4. The van der Waals surface area contributed by atoms with Crippen LogP contribution in [0.3, 0.4) is 0 Å². The number of ether oxygens (including phenoxy) is 1. The van der Waals surface area contributed by atoms with Crippen LogP contribution in [0.1, 0.15) is 9.67 Å². The van der Waals surface area contributed by atoms with Crippen molar-refractivity contribution in [3.05, 3.63) is 70.0 Å². The summed E-state index contributed by atoms with van der Waals surface area (Å²) >= 11 is 7.76. The summed E-state index contributed by atoms with van der Waals surface area (Å²) in [6.45, 7) is 1.16. The standard InChI is InChI=1S/C22H19ClN4O2S/c1-26(20-5-3-2-4-18(20)23)16-6-7-19-14(8-16)10-24-27(19)17-9-21(30-13-17)22(28)25-15-11-29-12-15/h2-10,13,15H,11-12H2,1H3,(H,25,28). The highest BCUT2D eigenvalue weighted by Gasteiger charge is 2.22. The highest BCUT2D eigenvalue weighted by atomic mass is 35.5. The first-order chi connectivity index (χ1) is 14.6. The number of nitrogens with one attached hydrogen (secondary N) is 1. The van der Waals surface area contributed by atoms with Gasteiger partial charge in [-0.05, 0) is 36.4 Å². The Morgan fingerprint density at radius 1 is 1.27 bits per heavy atom. The van der Waals surface area contributed by atoms with Gasteiger partial charge in [0.25, 0.3) is 5.91 Å². The average Bonchev–Trinajstić information content (AvgIpc) is 3.37. The van der Waals surface area contributed by atoms with Gasteiger partial charge in [-0.2, -0.15) is 5.10 Å². The molecule has 152 valence electrons. The van der Waals surface area contributed by atoms with Crippen LogP contribution >= 0.6 is 22.9 Å². The Balaban J connectivity index is 1.42. The molecule has 0 radical (unpaired) electrons. The molecule has 0 atom stereocenters. The van der Waals surface area contributed by atoms with Crippen molar-refractivity contribution in [2.24, 2.45) is 0 Å². The highest BCUT2D eigenvalue weighted by Crippen LogP contribution is 2.32. The number of anilines is 2. The van der Waals surface area contributed by atoms with E-state index < -0.39 is 0 Å². The average molecular weight is 439 g/mol. The van der Waals surface area contributed by atoms with Gasteiger partial charge in [0.15, 0.2) is 0 Å². The number of hydrogen-bond donors (Lipinski definition) is 1. The topological polar surface area (TPSA) is 59.4 Å². The maximum absolute atomic E-state index is 12.4. The number of fused-ring (bicyclic) bond motifs is 1. The molecule has 3 heterocycles. The molecule has 0 bridgehead atoms. The van der Waals surface area contributed by atoms with Gasteiger partial charge in [0.2, 0.25) is 0 Å². The first-order valence-corrected chi connectivity index (χ1v) is 10.8. The van der Waals surface area contributed by atoms with Crippen LogP contribution in [0.4, 0.5) is 11.4 Å². The number of carbonyl (C=O) groups is 1. The molecule has 1 saturated heterocycles. The van der Waals surface area contributed by atoms with Crippen molar-refractivity contribution in [3.63, 3.8) is 0 Å². The number of hydrogen-bond acceptors (Lipinski definition) is 5. The van der Waals surface area contributed by atoms with Crippen molar-refractivity contribution in [1.29, 1.82) is 0 Å². The second-order valence-electron chi connectivity index (χ2n) is 7.19. The SMILES string of the molecule is CN(c1ccc2c(cnn2-c2csc(C(=O)NC3COC3)c2)c1)c1ccccc1Cl. The fraction of sp³-hybridized carbons (Fsp3) is 0.182. The molecular formula is C22H19ClN4O2S. The van der Waals surface area contributed by atoms with Crippen molar-refractivity contribution in [2.45, 2.75) is 6.04 Å². The summed E-state index contributed by atoms with van der Waals surface area (Å²) < 4.78 is 6.96. The third-order valence-corrected chi connectivity index (χ3v) is 6.42. The molecule has 4 aromatic rings. The Morgan fingerprint density at radius 2 is 2.10 bits per heavy atom. The molecule has 6 nitrogen and oxygen atoms in total. The van der Waals surface area contributed by atoms with Gasteiger partial charge >= 0.3 is 0 Å². The monoisotopic (exact) mass is 438 g/mol. The fourth-order valence-electron chi connectivity index (χ4n) is 3.43. The van der Waals surface area contributed by atoms with Gasteiger partial charge in [-0.15, -0.1) is 11.3 Å². The molecule has 8 heteroatoms. The Labute approximate surface area is 182 Å². The summed E-state index contributed by atoms with van der Waals surface area (Å²) in [7, 11) is 1.99. The zero-order valence-corrected chi connectivity index (χ0v) is 17.8. The molecule has 1 amide bonds. The van der Waals surface area contributed by atoms with Crippen molar-refractivity contribution in [1.82, 2.24) is 15.1 Å². The second-order valence-corrected chi connectivity index (χ2v) is 8.51. The van der Waals surface area contributed by atoms with E-state index in [0.29, 0.717) is 23.1 Å². The lowest BCUT2D eigenvalue weighted by molar-refractivity contribution is -0.00338. The van der Waals surface area contributed by atoms with E-state index in [-0.39, 0.29) is 11.9 Å². The third kappa shape index (κ3) is 3.45. The molecule has 2 aromatic heterocycles. The quantitative estimate of drug-likeness (QED) is 0.493. The number of halogens is 1. The maximum Gasteiger partial charge on any atom is 0.261 e. The van der Waals surface area contributed by atoms with E-state index >= 15 is 0 Å².